The molecule has 2 aromatic rings. The Bertz CT molecular complexity index is 1110. The van der Waals surface area contributed by atoms with E-state index in [1.165, 1.54) is 33.1 Å². The molecule has 9 nitrogen and oxygen atoms in total. The Balaban J connectivity index is 2.27. The molecule has 0 bridgehead atoms. The van der Waals surface area contributed by atoms with E-state index in [0.717, 1.165) is 0 Å². The lowest BCUT2D eigenvalue weighted by molar-refractivity contribution is -0.150. The van der Waals surface area contributed by atoms with E-state index < -0.39 is 30.5 Å². The third-order valence-corrected chi connectivity index (χ3v) is 4.02. The molecule has 0 unspecified atom stereocenters. The van der Waals surface area contributed by atoms with Gasteiger partial charge in [0.15, 0.2) is 6.61 Å². The topological polar surface area (TPSA) is 114 Å². The highest BCUT2D eigenvalue weighted by atomic mass is 16.6. The van der Waals surface area contributed by atoms with E-state index in [1.807, 2.05) is 0 Å². The van der Waals surface area contributed by atoms with E-state index in [-0.39, 0.29) is 29.3 Å². The molecule has 0 aliphatic heterocycles. The fraction of sp³-hybridized carbons (Fsp3) is 0.200. The maximum Gasteiger partial charge on any atom is 0.349 e. The first-order valence-corrected chi connectivity index (χ1v) is 9.95. The van der Waals surface area contributed by atoms with Crippen LogP contribution in [0.25, 0.3) is 11.1 Å². The van der Waals surface area contributed by atoms with E-state index in [4.69, 9.17) is 23.7 Å². The van der Waals surface area contributed by atoms with Crippen molar-refractivity contribution in [1.29, 1.82) is 0 Å². The van der Waals surface area contributed by atoms with E-state index in [9.17, 15) is 19.2 Å². The minimum absolute atomic E-state index is 0.0480. The van der Waals surface area contributed by atoms with E-state index in [0.29, 0.717) is 16.9 Å². The first-order chi connectivity index (χ1) is 16.1. The Labute approximate surface area is 196 Å². The second-order valence-corrected chi connectivity index (χ2v) is 7.12. The van der Waals surface area contributed by atoms with Crippen molar-refractivity contribution in [3.05, 3.63) is 66.8 Å². The molecule has 0 aliphatic rings. The van der Waals surface area contributed by atoms with Crippen molar-refractivity contribution in [2.45, 2.75) is 13.8 Å². The van der Waals surface area contributed by atoms with Crippen LogP contribution in [-0.4, -0.2) is 44.2 Å². The number of carbonyl (C=O) groups excluding carboxylic acids is 4. The van der Waals surface area contributed by atoms with Crippen molar-refractivity contribution in [3.8, 4) is 28.4 Å². The van der Waals surface area contributed by atoms with Crippen LogP contribution in [0, 0.1) is 0 Å². The van der Waals surface area contributed by atoms with Crippen molar-refractivity contribution < 1.29 is 42.9 Å². The number of esters is 4. The Morgan fingerprint density at radius 2 is 1.21 bits per heavy atom. The van der Waals surface area contributed by atoms with Crippen LogP contribution in [0.15, 0.2) is 66.8 Å². The summed E-state index contributed by atoms with van der Waals surface area (Å²) in [5.74, 6) is -2.33. The Morgan fingerprint density at radius 3 is 1.71 bits per heavy atom. The van der Waals surface area contributed by atoms with Crippen LogP contribution >= 0.6 is 0 Å². The van der Waals surface area contributed by atoms with E-state index in [1.54, 1.807) is 30.3 Å². The highest BCUT2D eigenvalue weighted by Crippen LogP contribution is 2.31. The van der Waals surface area contributed by atoms with Gasteiger partial charge in [0.05, 0.1) is 0 Å². The number of ether oxygens (including phenoxy) is 5. The molecule has 2 aromatic carbocycles. The zero-order valence-electron chi connectivity index (χ0n) is 19.0. The first kappa shape index (κ1) is 26.0. The lowest BCUT2D eigenvalue weighted by Crippen LogP contribution is -2.19. The number of carbonyl (C=O) groups is 4. The van der Waals surface area contributed by atoms with Gasteiger partial charge in [-0.25, -0.2) is 19.2 Å². The molecule has 0 amide bonds. The van der Waals surface area contributed by atoms with Crippen LogP contribution in [0.2, 0.25) is 0 Å². The van der Waals surface area contributed by atoms with Gasteiger partial charge in [0.2, 0.25) is 0 Å². The predicted molar refractivity (Wildman–Crippen MR) is 121 cm³/mol. The fourth-order valence-electron chi connectivity index (χ4n) is 2.45. The largest absolute Gasteiger partial charge is 0.450 e. The van der Waals surface area contributed by atoms with Gasteiger partial charge in [-0.15, -0.1) is 0 Å². The summed E-state index contributed by atoms with van der Waals surface area (Å²) < 4.78 is 25.2. The van der Waals surface area contributed by atoms with Crippen LogP contribution in [0.3, 0.4) is 0 Å². The quantitative estimate of drug-likeness (QED) is 0.294. The Morgan fingerprint density at radius 1 is 0.676 bits per heavy atom. The summed E-state index contributed by atoms with van der Waals surface area (Å²) in [7, 11) is 1.35. The molecule has 178 valence electrons. The molecule has 0 heterocycles. The molecule has 0 N–H and O–H groups in total. The Kier molecular flexibility index (Phi) is 9.27. The number of hydrogen-bond donors (Lipinski definition) is 0. The average molecular weight is 468 g/mol. The first-order valence-electron chi connectivity index (χ1n) is 9.95. The van der Waals surface area contributed by atoms with E-state index in [2.05, 4.69) is 13.2 Å². The van der Waals surface area contributed by atoms with Gasteiger partial charge in [0, 0.05) is 24.3 Å². The number of methoxy groups -OCH3 is 1. The molecule has 0 fully saturated rings. The summed E-state index contributed by atoms with van der Waals surface area (Å²) in [5, 5.41) is 0. The second-order valence-electron chi connectivity index (χ2n) is 7.12. The standard InChI is InChI=1S/C25H24O9/c1-15(2)24(28)31-14-23(27)33-21-11-18(10-20(12-21)32-22(26)13-30-5)17-6-8-19(9-7-17)34-25(29)16(3)4/h6-12H,1,3,13-14H2,2,4-5H3. The summed E-state index contributed by atoms with van der Waals surface area (Å²) in [4.78, 5) is 47.1. The molecule has 0 aromatic heterocycles. The average Bonchev–Trinajstić information content (AvgIpc) is 2.77. The second kappa shape index (κ2) is 12.1. The van der Waals surface area contributed by atoms with Gasteiger partial charge in [-0.1, -0.05) is 25.3 Å². The van der Waals surface area contributed by atoms with Gasteiger partial charge in [-0.3, -0.25) is 0 Å². The van der Waals surface area contributed by atoms with Gasteiger partial charge in [0.25, 0.3) is 0 Å². The van der Waals surface area contributed by atoms with Crippen molar-refractivity contribution in [2.24, 2.45) is 0 Å². The molecule has 34 heavy (non-hydrogen) atoms. The third kappa shape index (κ3) is 8.03. The molecule has 2 rings (SSSR count). The monoisotopic (exact) mass is 468 g/mol. The van der Waals surface area contributed by atoms with Crippen molar-refractivity contribution >= 4 is 23.9 Å². The van der Waals surface area contributed by atoms with E-state index >= 15 is 0 Å². The van der Waals surface area contributed by atoms with Gasteiger partial charge >= 0.3 is 23.9 Å². The lowest BCUT2D eigenvalue weighted by Gasteiger charge is -2.12. The summed E-state index contributed by atoms with van der Waals surface area (Å²) >= 11 is 0. The van der Waals surface area contributed by atoms with Gasteiger partial charge < -0.3 is 23.7 Å². The number of hydrogen-bond acceptors (Lipinski definition) is 9. The molecule has 0 radical (unpaired) electrons. The molecular weight excluding hydrogens is 444 g/mol. The van der Waals surface area contributed by atoms with Crippen LogP contribution < -0.4 is 14.2 Å². The highest BCUT2D eigenvalue weighted by molar-refractivity contribution is 5.89. The SMILES string of the molecule is C=C(C)C(=O)OCC(=O)Oc1cc(OC(=O)COC)cc(-c2ccc(OC(=O)C(=C)C)cc2)c1. The van der Waals surface area contributed by atoms with Crippen molar-refractivity contribution in [3.63, 3.8) is 0 Å². The van der Waals surface area contributed by atoms with Crippen LogP contribution in [0.5, 0.6) is 17.2 Å². The van der Waals surface area contributed by atoms with Gasteiger partial charge in [-0.2, -0.15) is 0 Å². The minimum Gasteiger partial charge on any atom is -0.450 e. The number of benzene rings is 2. The minimum atomic E-state index is -0.844. The van der Waals surface area contributed by atoms with Crippen molar-refractivity contribution in [2.75, 3.05) is 20.3 Å². The molecule has 0 saturated carbocycles. The maximum atomic E-state index is 12.1. The normalized spacial score (nSPS) is 10.1. The third-order valence-electron chi connectivity index (χ3n) is 4.02. The molecule has 9 heteroatoms. The summed E-state index contributed by atoms with van der Waals surface area (Å²) in [5.41, 5.74) is 1.57. The van der Waals surface area contributed by atoms with Crippen molar-refractivity contribution in [1.82, 2.24) is 0 Å². The van der Waals surface area contributed by atoms with Crippen LogP contribution in [0.4, 0.5) is 0 Å². The molecule has 0 aliphatic carbocycles. The highest BCUT2D eigenvalue weighted by Gasteiger charge is 2.14. The summed E-state index contributed by atoms with van der Waals surface area (Å²) in [6.07, 6.45) is 0. The van der Waals surface area contributed by atoms with Crippen LogP contribution in [-0.2, 0) is 28.7 Å². The summed E-state index contributed by atoms with van der Waals surface area (Å²) in [6.45, 7) is 9.04. The van der Waals surface area contributed by atoms with Gasteiger partial charge in [0.1, 0.15) is 23.9 Å². The zero-order valence-corrected chi connectivity index (χ0v) is 19.0. The molecule has 0 spiro atoms. The number of rotatable bonds is 10. The molecule has 0 saturated heterocycles. The van der Waals surface area contributed by atoms with Crippen LogP contribution in [0.1, 0.15) is 13.8 Å². The predicted octanol–water partition coefficient (Wildman–Crippen LogP) is 3.41. The zero-order chi connectivity index (χ0) is 25.3. The summed E-state index contributed by atoms with van der Waals surface area (Å²) in [6, 6.07) is 10.9. The fourth-order valence-corrected chi connectivity index (χ4v) is 2.45. The smallest absolute Gasteiger partial charge is 0.349 e. The molecular formula is C25H24O9. The Hall–Kier alpha value is -4.24. The lowest BCUT2D eigenvalue weighted by atomic mass is 10.0. The molecule has 0 atom stereocenters. The van der Waals surface area contributed by atoms with Gasteiger partial charge in [-0.05, 0) is 49.2 Å². The maximum absolute atomic E-state index is 12.1.